The second-order valence-corrected chi connectivity index (χ2v) is 4.86. The summed E-state index contributed by atoms with van der Waals surface area (Å²) in [6, 6.07) is 7.15. The predicted molar refractivity (Wildman–Crippen MR) is 84.2 cm³/mol. The van der Waals surface area contributed by atoms with Gasteiger partial charge in [-0.1, -0.05) is 11.6 Å². The predicted octanol–water partition coefficient (Wildman–Crippen LogP) is 3.15. The molecule has 0 fully saturated rings. The lowest BCUT2D eigenvalue weighted by atomic mass is 10.2. The molecule has 1 aromatic heterocycles. The number of pyridine rings is 1. The van der Waals surface area contributed by atoms with E-state index in [-0.39, 0.29) is 16.9 Å². The second-order valence-electron chi connectivity index (χ2n) is 4.45. The largest absolute Gasteiger partial charge is 0.438 e. The quantitative estimate of drug-likeness (QED) is 0.499. The molecule has 0 bridgehead atoms. The summed E-state index contributed by atoms with van der Waals surface area (Å²) in [5.74, 6) is 0.0314. The molecule has 1 heterocycles. The van der Waals surface area contributed by atoms with Gasteiger partial charge >= 0.3 is 6.18 Å². The fourth-order valence-corrected chi connectivity index (χ4v) is 1.76. The zero-order chi connectivity index (χ0) is 17.7. The van der Waals surface area contributed by atoms with Gasteiger partial charge in [0, 0.05) is 6.20 Å². The van der Waals surface area contributed by atoms with Gasteiger partial charge in [0.15, 0.2) is 0 Å². The van der Waals surface area contributed by atoms with Crippen LogP contribution in [0.15, 0.2) is 46.7 Å². The molecule has 0 aliphatic heterocycles. The lowest BCUT2D eigenvalue weighted by molar-refractivity contribution is -0.137. The number of alkyl halides is 3. The van der Waals surface area contributed by atoms with Crippen LogP contribution in [-0.2, 0) is 6.18 Å². The van der Waals surface area contributed by atoms with Gasteiger partial charge in [0.1, 0.15) is 10.8 Å². The molecule has 6 nitrogen and oxygen atoms in total. The first-order valence-corrected chi connectivity index (χ1v) is 6.76. The Morgan fingerprint density at radius 2 is 1.88 bits per heavy atom. The monoisotopic (exact) mass is 357 g/mol. The van der Waals surface area contributed by atoms with Crippen molar-refractivity contribution < 1.29 is 17.9 Å². The smallest absolute Gasteiger partial charge is 0.417 e. The molecule has 0 unspecified atom stereocenters. The first kappa shape index (κ1) is 17.5. The van der Waals surface area contributed by atoms with Crippen LogP contribution in [0.4, 0.5) is 13.2 Å². The van der Waals surface area contributed by atoms with Crippen LogP contribution in [0, 0.1) is 0 Å². The van der Waals surface area contributed by atoms with Crippen molar-refractivity contribution in [3.8, 4) is 11.6 Å². The first-order valence-electron chi connectivity index (χ1n) is 6.38. The molecule has 0 saturated carbocycles. The lowest BCUT2D eigenvalue weighted by Gasteiger charge is -2.10. The van der Waals surface area contributed by atoms with Crippen LogP contribution in [0.3, 0.4) is 0 Å². The number of halogens is 4. The van der Waals surface area contributed by atoms with E-state index in [1.54, 1.807) is 24.3 Å². The van der Waals surface area contributed by atoms with Crippen LogP contribution in [0.5, 0.6) is 11.6 Å². The van der Waals surface area contributed by atoms with Crippen LogP contribution in [0.25, 0.3) is 0 Å². The maximum absolute atomic E-state index is 12.5. The molecule has 0 radical (unpaired) electrons. The van der Waals surface area contributed by atoms with Crippen molar-refractivity contribution in [3.05, 3.63) is 52.7 Å². The minimum Gasteiger partial charge on any atom is -0.438 e. The first-order chi connectivity index (χ1) is 11.3. The Bertz CT molecular complexity index is 771. The van der Waals surface area contributed by atoms with Crippen LogP contribution >= 0.6 is 11.6 Å². The maximum atomic E-state index is 12.5. The Kier molecular flexibility index (Phi) is 5.24. The van der Waals surface area contributed by atoms with Crippen LogP contribution in [-0.4, -0.2) is 17.2 Å². The van der Waals surface area contributed by atoms with E-state index in [9.17, 15) is 13.2 Å². The Balaban J connectivity index is 2.12. The highest BCUT2D eigenvalue weighted by Gasteiger charge is 2.31. The highest BCUT2D eigenvalue weighted by Crippen LogP contribution is 2.34. The van der Waals surface area contributed by atoms with Crippen molar-refractivity contribution >= 4 is 23.8 Å². The number of guanidine groups is 1. The van der Waals surface area contributed by atoms with Gasteiger partial charge in [0.25, 0.3) is 0 Å². The van der Waals surface area contributed by atoms with E-state index < -0.39 is 11.7 Å². The summed E-state index contributed by atoms with van der Waals surface area (Å²) < 4.78 is 43.0. The molecule has 0 aliphatic rings. The van der Waals surface area contributed by atoms with Crippen LogP contribution in [0.2, 0.25) is 5.02 Å². The topological polar surface area (TPSA) is 98.9 Å². The second kappa shape index (κ2) is 7.18. The van der Waals surface area contributed by atoms with Gasteiger partial charge in [-0.3, -0.25) is 0 Å². The van der Waals surface area contributed by atoms with Crippen molar-refractivity contribution in [1.29, 1.82) is 0 Å². The summed E-state index contributed by atoms with van der Waals surface area (Å²) in [5, 5.41) is 6.83. The normalized spacial score (nSPS) is 11.5. The van der Waals surface area contributed by atoms with Crippen molar-refractivity contribution in [2.24, 2.45) is 21.7 Å². The van der Waals surface area contributed by atoms with Gasteiger partial charge in [-0.2, -0.15) is 18.3 Å². The Morgan fingerprint density at radius 1 is 1.21 bits per heavy atom. The molecule has 0 amide bonds. The standard InChI is InChI=1S/C14H11ClF3N5O/c15-11-5-9(14(16,17)18)7-21-12(11)24-10-3-1-8(2-4-10)6-22-23-13(19)20/h1-7H,(H4,19,20,23). The lowest BCUT2D eigenvalue weighted by Crippen LogP contribution is -2.21. The van der Waals surface area contributed by atoms with E-state index in [1.165, 1.54) is 6.21 Å². The Labute approximate surface area is 139 Å². The SMILES string of the molecule is NC(N)=NN=Cc1ccc(Oc2ncc(C(F)(F)F)cc2Cl)cc1. The molecule has 4 N–H and O–H groups in total. The number of ether oxygens (including phenoxy) is 1. The number of hydrogen-bond donors (Lipinski definition) is 2. The van der Waals surface area contributed by atoms with E-state index in [0.717, 1.165) is 6.07 Å². The molecule has 10 heteroatoms. The fourth-order valence-electron chi connectivity index (χ4n) is 1.55. The van der Waals surface area contributed by atoms with E-state index in [2.05, 4.69) is 15.2 Å². The molecule has 1 aromatic carbocycles. The van der Waals surface area contributed by atoms with Crippen LogP contribution in [0.1, 0.15) is 11.1 Å². The van der Waals surface area contributed by atoms with Crippen molar-refractivity contribution in [2.45, 2.75) is 6.18 Å². The zero-order valence-electron chi connectivity index (χ0n) is 12.0. The van der Waals surface area contributed by atoms with Crippen LogP contribution < -0.4 is 16.2 Å². The molecule has 24 heavy (non-hydrogen) atoms. The fraction of sp³-hybridized carbons (Fsp3) is 0.0714. The molecular formula is C14H11ClF3N5O. The van der Waals surface area contributed by atoms with E-state index in [0.29, 0.717) is 17.5 Å². The van der Waals surface area contributed by atoms with Gasteiger partial charge in [-0.25, -0.2) is 4.98 Å². The third kappa shape index (κ3) is 4.85. The minimum atomic E-state index is -4.52. The van der Waals surface area contributed by atoms with Crippen molar-refractivity contribution in [1.82, 2.24) is 4.98 Å². The average molecular weight is 358 g/mol. The highest BCUT2D eigenvalue weighted by atomic mass is 35.5. The van der Waals surface area contributed by atoms with Gasteiger partial charge < -0.3 is 16.2 Å². The molecule has 0 aliphatic carbocycles. The Morgan fingerprint density at radius 3 is 2.42 bits per heavy atom. The Hall–Kier alpha value is -2.81. The number of benzene rings is 1. The number of aromatic nitrogens is 1. The summed E-state index contributed by atoms with van der Waals surface area (Å²) in [6.45, 7) is 0. The summed E-state index contributed by atoms with van der Waals surface area (Å²) >= 11 is 5.77. The maximum Gasteiger partial charge on any atom is 0.417 e. The van der Waals surface area contributed by atoms with E-state index >= 15 is 0 Å². The molecule has 0 atom stereocenters. The minimum absolute atomic E-state index is 0.133. The third-order valence-electron chi connectivity index (χ3n) is 2.61. The summed E-state index contributed by atoms with van der Waals surface area (Å²) in [5.41, 5.74) is 9.97. The van der Waals surface area contributed by atoms with Gasteiger partial charge in [-0.05, 0) is 35.9 Å². The summed E-state index contributed by atoms with van der Waals surface area (Å²) in [4.78, 5) is 3.59. The molecular weight excluding hydrogens is 347 g/mol. The average Bonchev–Trinajstić information content (AvgIpc) is 2.49. The molecule has 126 valence electrons. The third-order valence-corrected chi connectivity index (χ3v) is 2.88. The molecule has 2 aromatic rings. The highest BCUT2D eigenvalue weighted by molar-refractivity contribution is 6.31. The van der Waals surface area contributed by atoms with Gasteiger partial charge in [0.05, 0.1) is 11.8 Å². The van der Waals surface area contributed by atoms with E-state index in [4.69, 9.17) is 27.8 Å². The van der Waals surface area contributed by atoms with Crippen molar-refractivity contribution in [2.75, 3.05) is 0 Å². The summed E-state index contributed by atoms with van der Waals surface area (Å²) in [7, 11) is 0. The zero-order valence-corrected chi connectivity index (χ0v) is 12.7. The van der Waals surface area contributed by atoms with Gasteiger partial charge in [0.2, 0.25) is 11.8 Å². The van der Waals surface area contributed by atoms with Crippen molar-refractivity contribution in [3.63, 3.8) is 0 Å². The molecule has 2 rings (SSSR count). The molecule has 0 spiro atoms. The number of nitrogens with two attached hydrogens (primary N) is 2. The van der Waals surface area contributed by atoms with E-state index in [1.807, 2.05) is 0 Å². The molecule has 0 saturated heterocycles. The number of hydrogen-bond acceptors (Lipinski definition) is 4. The number of nitrogens with zero attached hydrogens (tertiary/aromatic N) is 3. The number of rotatable bonds is 4. The summed E-state index contributed by atoms with van der Waals surface area (Å²) in [6.07, 6.45) is -2.46. The van der Waals surface area contributed by atoms with Gasteiger partial charge in [-0.15, -0.1) is 5.10 Å².